The SMILES string of the molecule is c1cc(-c2cc(-n3c4ccccc4c4ccccc43)cc(-n3c4ccccc4c4ccccc43)c2)nc(-n2c3ccccc3c3ccccc32)c1. The van der Waals surface area contributed by atoms with E-state index in [0.29, 0.717) is 0 Å². The van der Waals surface area contributed by atoms with E-state index in [1.807, 2.05) is 0 Å². The summed E-state index contributed by atoms with van der Waals surface area (Å²) >= 11 is 0. The van der Waals surface area contributed by atoms with Crippen molar-refractivity contribution in [2.24, 2.45) is 0 Å². The zero-order chi connectivity index (χ0) is 33.5. The van der Waals surface area contributed by atoms with Crippen molar-refractivity contribution >= 4 is 65.4 Å². The third-order valence-electron chi connectivity index (χ3n) is 10.4. The summed E-state index contributed by atoms with van der Waals surface area (Å²) in [5.41, 5.74) is 11.1. The van der Waals surface area contributed by atoms with Crippen LogP contribution in [0.4, 0.5) is 0 Å². The molecule has 0 radical (unpaired) electrons. The molecule has 0 bridgehead atoms. The van der Waals surface area contributed by atoms with Gasteiger partial charge < -0.3 is 9.13 Å². The fourth-order valence-electron chi connectivity index (χ4n) is 8.28. The molecule has 4 heteroatoms. The zero-order valence-corrected chi connectivity index (χ0v) is 27.6. The van der Waals surface area contributed by atoms with Gasteiger partial charge in [-0.3, -0.25) is 4.57 Å². The topological polar surface area (TPSA) is 27.7 Å². The average molecular weight is 651 g/mol. The van der Waals surface area contributed by atoms with Gasteiger partial charge in [0.25, 0.3) is 0 Å². The first-order valence-corrected chi connectivity index (χ1v) is 17.4. The number of rotatable bonds is 4. The number of aromatic nitrogens is 4. The summed E-state index contributed by atoms with van der Waals surface area (Å²) in [7, 11) is 0. The highest BCUT2D eigenvalue weighted by Crippen LogP contribution is 2.38. The number of fused-ring (bicyclic) bond motifs is 9. The van der Waals surface area contributed by atoms with Crippen molar-refractivity contribution in [3.05, 3.63) is 182 Å². The van der Waals surface area contributed by atoms with Crippen molar-refractivity contribution in [3.63, 3.8) is 0 Å². The molecule has 4 aromatic heterocycles. The Hall–Kier alpha value is -6.91. The van der Waals surface area contributed by atoms with Crippen LogP contribution in [-0.2, 0) is 0 Å². The van der Waals surface area contributed by atoms with Crippen LogP contribution in [-0.4, -0.2) is 18.7 Å². The summed E-state index contributed by atoms with van der Waals surface area (Å²) in [5.74, 6) is 0.894. The summed E-state index contributed by atoms with van der Waals surface area (Å²) in [4.78, 5) is 5.42. The van der Waals surface area contributed by atoms with Gasteiger partial charge in [0.2, 0.25) is 0 Å². The van der Waals surface area contributed by atoms with E-state index in [1.165, 1.54) is 54.4 Å². The minimum atomic E-state index is 0.894. The molecule has 0 fully saturated rings. The molecule has 0 aliphatic heterocycles. The molecule has 0 saturated carbocycles. The Bertz CT molecular complexity index is 2860. The van der Waals surface area contributed by atoms with Gasteiger partial charge in [0, 0.05) is 49.3 Å². The minimum absolute atomic E-state index is 0.894. The third-order valence-corrected chi connectivity index (χ3v) is 10.4. The number of hydrogen-bond acceptors (Lipinski definition) is 1. The maximum absolute atomic E-state index is 5.42. The highest BCUT2D eigenvalue weighted by molar-refractivity contribution is 6.11. The van der Waals surface area contributed by atoms with Crippen LogP contribution in [0.5, 0.6) is 0 Å². The van der Waals surface area contributed by atoms with Gasteiger partial charge in [0.1, 0.15) is 5.82 Å². The molecule has 11 rings (SSSR count). The monoisotopic (exact) mass is 650 g/mol. The van der Waals surface area contributed by atoms with Gasteiger partial charge in [-0.15, -0.1) is 0 Å². The molecular formula is C47H30N4. The lowest BCUT2D eigenvalue weighted by Crippen LogP contribution is -2.02. The van der Waals surface area contributed by atoms with Crippen molar-refractivity contribution in [1.82, 2.24) is 18.7 Å². The Labute approximate surface area is 293 Å². The molecule has 7 aromatic carbocycles. The van der Waals surface area contributed by atoms with E-state index in [9.17, 15) is 0 Å². The summed E-state index contributed by atoms with van der Waals surface area (Å²) in [6, 6.07) is 65.4. The van der Waals surface area contributed by atoms with E-state index in [1.54, 1.807) is 0 Å². The Morgan fingerprint density at radius 3 is 1.00 bits per heavy atom. The van der Waals surface area contributed by atoms with Crippen LogP contribution in [0.15, 0.2) is 182 Å². The van der Waals surface area contributed by atoms with Crippen LogP contribution in [0.1, 0.15) is 0 Å². The second kappa shape index (κ2) is 10.8. The zero-order valence-electron chi connectivity index (χ0n) is 27.6. The number of pyridine rings is 1. The third kappa shape index (κ3) is 4.11. The van der Waals surface area contributed by atoms with Crippen LogP contribution >= 0.6 is 0 Å². The summed E-state index contributed by atoms with van der Waals surface area (Å²) < 4.78 is 7.10. The quantitative estimate of drug-likeness (QED) is 0.186. The lowest BCUT2D eigenvalue weighted by molar-refractivity contribution is 1.08. The smallest absolute Gasteiger partial charge is 0.138 e. The molecule has 0 saturated heterocycles. The van der Waals surface area contributed by atoms with Gasteiger partial charge in [0.15, 0.2) is 0 Å². The predicted octanol–water partition coefficient (Wildman–Crippen LogP) is 12.0. The highest BCUT2D eigenvalue weighted by atomic mass is 15.1. The Kier molecular flexibility index (Phi) is 5.92. The molecule has 0 unspecified atom stereocenters. The first-order chi connectivity index (χ1) is 25.3. The molecule has 4 heterocycles. The molecule has 0 amide bonds. The van der Waals surface area contributed by atoms with E-state index >= 15 is 0 Å². The van der Waals surface area contributed by atoms with Crippen molar-refractivity contribution in [2.75, 3.05) is 0 Å². The molecule has 0 spiro atoms. The molecule has 51 heavy (non-hydrogen) atoms. The molecule has 0 atom stereocenters. The second-order valence-electron chi connectivity index (χ2n) is 13.2. The lowest BCUT2D eigenvalue weighted by atomic mass is 10.1. The first-order valence-electron chi connectivity index (χ1n) is 17.4. The van der Waals surface area contributed by atoms with Crippen LogP contribution < -0.4 is 0 Å². The Morgan fingerprint density at radius 1 is 0.294 bits per heavy atom. The maximum atomic E-state index is 5.42. The van der Waals surface area contributed by atoms with Gasteiger partial charge in [-0.25, -0.2) is 4.98 Å². The fourth-order valence-corrected chi connectivity index (χ4v) is 8.28. The highest BCUT2D eigenvalue weighted by Gasteiger charge is 2.18. The molecular weight excluding hydrogens is 621 g/mol. The molecule has 238 valence electrons. The Balaban J connectivity index is 1.22. The standard InChI is InChI=1S/C47H30N4/c1-7-21-41-34(14-1)35-15-2-8-22-42(35)49(41)32-28-31(29-33(30-32)50-43-23-9-3-16-36(43)37-17-4-10-24-44(37)50)40-20-13-27-47(48-40)51-45-25-11-5-18-38(45)39-19-6-12-26-46(39)51/h1-30H. The number of hydrogen-bond donors (Lipinski definition) is 0. The first kappa shape index (κ1) is 28.0. The predicted molar refractivity (Wildman–Crippen MR) is 213 cm³/mol. The van der Waals surface area contributed by atoms with Crippen molar-refractivity contribution < 1.29 is 0 Å². The van der Waals surface area contributed by atoms with Gasteiger partial charge in [-0.2, -0.15) is 0 Å². The maximum Gasteiger partial charge on any atom is 0.138 e. The van der Waals surface area contributed by atoms with Gasteiger partial charge in [0.05, 0.1) is 38.8 Å². The van der Waals surface area contributed by atoms with E-state index in [-0.39, 0.29) is 0 Å². The van der Waals surface area contributed by atoms with Gasteiger partial charge >= 0.3 is 0 Å². The number of benzene rings is 7. The van der Waals surface area contributed by atoms with Crippen molar-refractivity contribution in [3.8, 4) is 28.5 Å². The van der Waals surface area contributed by atoms with Crippen LogP contribution in [0.3, 0.4) is 0 Å². The second-order valence-corrected chi connectivity index (χ2v) is 13.2. The average Bonchev–Trinajstić information content (AvgIpc) is 3.84. The normalized spacial score (nSPS) is 11.9. The number of nitrogens with zero attached hydrogens (tertiary/aromatic N) is 4. The summed E-state index contributed by atoms with van der Waals surface area (Å²) in [6.45, 7) is 0. The van der Waals surface area contributed by atoms with Crippen molar-refractivity contribution in [1.29, 1.82) is 0 Å². The molecule has 11 aromatic rings. The lowest BCUT2D eigenvalue weighted by Gasteiger charge is -2.16. The fraction of sp³-hybridized carbons (Fsp3) is 0. The van der Waals surface area contributed by atoms with E-state index in [4.69, 9.17) is 4.98 Å². The van der Waals surface area contributed by atoms with E-state index in [2.05, 4.69) is 196 Å². The van der Waals surface area contributed by atoms with Crippen LogP contribution in [0.25, 0.3) is 93.9 Å². The van der Waals surface area contributed by atoms with Gasteiger partial charge in [-0.05, 0) is 66.7 Å². The number of para-hydroxylation sites is 6. The molecule has 0 N–H and O–H groups in total. The largest absolute Gasteiger partial charge is 0.309 e. The van der Waals surface area contributed by atoms with Crippen LogP contribution in [0, 0.1) is 0 Å². The summed E-state index contributed by atoms with van der Waals surface area (Å²) in [6.07, 6.45) is 0. The van der Waals surface area contributed by atoms with Gasteiger partial charge in [-0.1, -0.05) is 115 Å². The Morgan fingerprint density at radius 2 is 0.627 bits per heavy atom. The van der Waals surface area contributed by atoms with E-state index < -0.39 is 0 Å². The minimum Gasteiger partial charge on any atom is -0.309 e. The van der Waals surface area contributed by atoms with Crippen LogP contribution in [0.2, 0.25) is 0 Å². The summed E-state index contributed by atoms with van der Waals surface area (Å²) in [5, 5.41) is 7.41. The van der Waals surface area contributed by atoms with Crippen molar-refractivity contribution in [2.45, 2.75) is 0 Å². The molecule has 4 nitrogen and oxygen atoms in total. The van der Waals surface area contributed by atoms with E-state index in [0.717, 1.165) is 39.5 Å². The molecule has 0 aliphatic carbocycles. The molecule has 0 aliphatic rings.